The number of aromatic nitrogens is 1. The lowest BCUT2D eigenvalue weighted by atomic mass is 10.1. The van der Waals surface area contributed by atoms with Gasteiger partial charge in [-0.3, -0.25) is 4.79 Å². The van der Waals surface area contributed by atoms with Crippen molar-refractivity contribution in [1.29, 1.82) is 0 Å². The fraction of sp³-hybridized carbons (Fsp3) is 0.200. The molecule has 0 bridgehead atoms. The number of halogens is 3. The van der Waals surface area contributed by atoms with Gasteiger partial charge in [0.1, 0.15) is 18.0 Å². The Kier molecular flexibility index (Phi) is 3.81. The Hall–Kier alpha value is -2.77. The summed E-state index contributed by atoms with van der Waals surface area (Å²) in [4.78, 5) is 16.7. The first kappa shape index (κ1) is 15.1. The van der Waals surface area contributed by atoms with Crippen LogP contribution in [0.1, 0.15) is 0 Å². The van der Waals surface area contributed by atoms with Crippen LogP contribution in [0.5, 0.6) is 11.6 Å². The highest BCUT2D eigenvalue weighted by Gasteiger charge is 2.31. The van der Waals surface area contributed by atoms with Gasteiger partial charge in [-0.2, -0.15) is 0 Å². The molecule has 1 aliphatic rings. The van der Waals surface area contributed by atoms with E-state index in [4.69, 9.17) is 4.74 Å². The first-order valence-corrected chi connectivity index (χ1v) is 6.67. The van der Waals surface area contributed by atoms with E-state index >= 15 is 0 Å². The Morgan fingerprint density at radius 2 is 1.96 bits per heavy atom. The molecule has 2 aromatic rings. The number of carbonyl (C=O) groups is 1. The van der Waals surface area contributed by atoms with Crippen molar-refractivity contribution in [3.63, 3.8) is 0 Å². The number of rotatable bonds is 3. The maximum atomic E-state index is 12.2. The quantitative estimate of drug-likeness (QED) is 0.815. The molecule has 3 rings (SSSR count). The molecule has 1 aliphatic heterocycles. The van der Waals surface area contributed by atoms with Gasteiger partial charge in [0.05, 0.1) is 6.54 Å². The molecule has 2 heterocycles. The number of ether oxygens (including phenoxy) is 2. The lowest BCUT2D eigenvalue weighted by molar-refractivity contribution is -0.274. The number of hydrogen-bond donors (Lipinski definition) is 0. The molecule has 1 amide bonds. The number of carbonyl (C=O) groups excluding carboxylic acids is 1. The van der Waals surface area contributed by atoms with E-state index in [0.717, 1.165) is 0 Å². The molecular formula is C15H11F3N2O3. The summed E-state index contributed by atoms with van der Waals surface area (Å²) in [5.74, 6) is 0.0501. The Morgan fingerprint density at radius 1 is 1.22 bits per heavy atom. The van der Waals surface area contributed by atoms with Gasteiger partial charge in [0.2, 0.25) is 12.3 Å². The predicted molar refractivity (Wildman–Crippen MR) is 75.3 cm³/mol. The standard InChI is InChI=1S/C15H11F3N2O3/c16-15(17,18)23-12-3-1-10(2-4-12)11-7-13-14(19-8-11)22-6-5-20(13)9-21/h1-4,7-9H,5-6H2. The average molecular weight is 324 g/mol. The van der Waals surface area contributed by atoms with Gasteiger partial charge in [-0.15, -0.1) is 13.2 Å². The van der Waals surface area contributed by atoms with Gasteiger partial charge in [-0.25, -0.2) is 4.98 Å². The van der Waals surface area contributed by atoms with Crippen LogP contribution in [-0.4, -0.2) is 30.9 Å². The van der Waals surface area contributed by atoms with Gasteiger partial charge in [0.15, 0.2) is 0 Å². The summed E-state index contributed by atoms with van der Waals surface area (Å²) in [7, 11) is 0. The number of fused-ring (bicyclic) bond motifs is 1. The van der Waals surface area contributed by atoms with Gasteiger partial charge in [0, 0.05) is 11.8 Å². The van der Waals surface area contributed by atoms with E-state index in [1.807, 2.05) is 0 Å². The molecule has 0 unspecified atom stereocenters. The molecule has 1 aromatic heterocycles. The Labute approximate surface area is 129 Å². The van der Waals surface area contributed by atoms with Crippen LogP contribution in [0.15, 0.2) is 36.5 Å². The van der Waals surface area contributed by atoms with Crippen molar-refractivity contribution in [2.24, 2.45) is 0 Å². The van der Waals surface area contributed by atoms with E-state index in [0.29, 0.717) is 42.3 Å². The number of hydrogen-bond acceptors (Lipinski definition) is 4. The molecule has 0 aliphatic carbocycles. The molecule has 0 atom stereocenters. The molecule has 0 spiro atoms. The average Bonchev–Trinajstić information content (AvgIpc) is 2.53. The van der Waals surface area contributed by atoms with Crippen molar-refractivity contribution in [2.75, 3.05) is 18.1 Å². The van der Waals surface area contributed by atoms with E-state index in [-0.39, 0.29) is 5.75 Å². The lowest BCUT2D eigenvalue weighted by Crippen LogP contribution is -2.31. The third-order valence-electron chi connectivity index (χ3n) is 3.26. The van der Waals surface area contributed by atoms with Gasteiger partial charge in [-0.1, -0.05) is 12.1 Å². The number of alkyl halides is 3. The highest BCUT2D eigenvalue weighted by molar-refractivity contribution is 5.81. The minimum absolute atomic E-state index is 0.301. The summed E-state index contributed by atoms with van der Waals surface area (Å²) < 4.78 is 45.6. The molecule has 23 heavy (non-hydrogen) atoms. The molecule has 0 fully saturated rings. The second-order valence-electron chi connectivity index (χ2n) is 4.77. The van der Waals surface area contributed by atoms with Crippen LogP contribution >= 0.6 is 0 Å². The van der Waals surface area contributed by atoms with Crippen LogP contribution in [0.4, 0.5) is 18.9 Å². The second-order valence-corrected chi connectivity index (χ2v) is 4.77. The molecule has 5 nitrogen and oxygen atoms in total. The highest BCUT2D eigenvalue weighted by Crippen LogP contribution is 2.33. The van der Waals surface area contributed by atoms with Gasteiger partial charge < -0.3 is 14.4 Å². The summed E-state index contributed by atoms with van der Waals surface area (Å²) in [6, 6.07) is 7.11. The van der Waals surface area contributed by atoms with Crippen molar-refractivity contribution < 1.29 is 27.4 Å². The van der Waals surface area contributed by atoms with Crippen LogP contribution in [-0.2, 0) is 4.79 Å². The lowest BCUT2D eigenvalue weighted by Gasteiger charge is -2.25. The second kappa shape index (κ2) is 5.79. The van der Waals surface area contributed by atoms with Gasteiger partial charge in [0.25, 0.3) is 0 Å². The van der Waals surface area contributed by atoms with Crippen molar-refractivity contribution >= 4 is 12.1 Å². The van der Waals surface area contributed by atoms with E-state index in [9.17, 15) is 18.0 Å². The zero-order chi connectivity index (χ0) is 16.4. The zero-order valence-electron chi connectivity index (χ0n) is 11.7. The smallest absolute Gasteiger partial charge is 0.474 e. The summed E-state index contributed by atoms with van der Waals surface area (Å²) in [5.41, 5.74) is 1.82. The zero-order valence-corrected chi connectivity index (χ0v) is 11.7. The van der Waals surface area contributed by atoms with Crippen LogP contribution in [0.2, 0.25) is 0 Å². The number of amides is 1. The maximum absolute atomic E-state index is 12.2. The molecule has 0 saturated heterocycles. The van der Waals surface area contributed by atoms with Crippen molar-refractivity contribution in [1.82, 2.24) is 4.98 Å². The maximum Gasteiger partial charge on any atom is 0.573 e. The Balaban J connectivity index is 1.89. The summed E-state index contributed by atoms with van der Waals surface area (Å²) in [5, 5.41) is 0. The monoisotopic (exact) mass is 324 g/mol. The minimum atomic E-state index is -4.73. The molecule has 0 N–H and O–H groups in total. The third-order valence-corrected chi connectivity index (χ3v) is 3.26. The highest BCUT2D eigenvalue weighted by atomic mass is 19.4. The molecule has 0 saturated carbocycles. The molecule has 0 radical (unpaired) electrons. The minimum Gasteiger partial charge on any atom is -0.474 e. The topological polar surface area (TPSA) is 51.7 Å². The van der Waals surface area contributed by atoms with Crippen LogP contribution in [0.3, 0.4) is 0 Å². The van der Waals surface area contributed by atoms with E-state index in [1.54, 1.807) is 6.07 Å². The van der Waals surface area contributed by atoms with Crippen molar-refractivity contribution in [3.05, 3.63) is 36.5 Å². The van der Waals surface area contributed by atoms with E-state index < -0.39 is 6.36 Å². The largest absolute Gasteiger partial charge is 0.573 e. The molecular weight excluding hydrogens is 313 g/mol. The predicted octanol–water partition coefficient (Wildman–Crippen LogP) is 3.00. The summed E-state index contributed by atoms with van der Waals surface area (Å²) in [6.07, 6.45) is -2.50. The van der Waals surface area contributed by atoms with Gasteiger partial charge in [-0.05, 0) is 23.8 Å². The van der Waals surface area contributed by atoms with Crippen LogP contribution < -0.4 is 14.4 Å². The Bertz CT molecular complexity index is 717. The summed E-state index contributed by atoms with van der Waals surface area (Å²) in [6.45, 7) is 0.779. The van der Waals surface area contributed by atoms with Crippen molar-refractivity contribution in [3.8, 4) is 22.8 Å². The first-order chi connectivity index (χ1) is 11.0. The fourth-order valence-electron chi connectivity index (χ4n) is 2.24. The summed E-state index contributed by atoms with van der Waals surface area (Å²) >= 11 is 0. The number of nitrogens with zero attached hydrogens (tertiary/aromatic N) is 2. The van der Waals surface area contributed by atoms with Crippen LogP contribution in [0, 0.1) is 0 Å². The number of anilines is 1. The molecule has 1 aromatic carbocycles. The van der Waals surface area contributed by atoms with E-state index in [2.05, 4.69) is 9.72 Å². The number of pyridine rings is 1. The third kappa shape index (κ3) is 3.36. The molecule has 8 heteroatoms. The fourth-order valence-corrected chi connectivity index (χ4v) is 2.24. The van der Waals surface area contributed by atoms with Crippen LogP contribution in [0.25, 0.3) is 11.1 Å². The Morgan fingerprint density at radius 3 is 2.61 bits per heavy atom. The normalized spacial score (nSPS) is 14.0. The van der Waals surface area contributed by atoms with Gasteiger partial charge >= 0.3 is 6.36 Å². The van der Waals surface area contributed by atoms with Crippen molar-refractivity contribution in [2.45, 2.75) is 6.36 Å². The van der Waals surface area contributed by atoms with E-state index in [1.165, 1.54) is 35.4 Å². The first-order valence-electron chi connectivity index (χ1n) is 6.67. The number of benzene rings is 1. The SMILES string of the molecule is O=CN1CCOc2ncc(-c3ccc(OC(F)(F)F)cc3)cc21. The molecule has 120 valence electrons.